The lowest BCUT2D eigenvalue weighted by Crippen LogP contribution is -2.37. The van der Waals surface area contributed by atoms with E-state index >= 15 is 0 Å². The molecule has 0 aliphatic heterocycles. The minimum Gasteiger partial charge on any atom is -0.395 e. The Bertz CT molecular complexity index is 319. The molecule has 2 atom stereocenters. The van der Waals surface area contributed by atoms with Gasteiger partial charge in [-0.2, -0.15) is 0 Å². The molecule has 0 amide bonds. The van der Waals surface area contributed by atoms with Gasteiger partial charge in [0.05, 0.1) is 18.8 Å². The van der Waals surface area contributed by atoms with E-state index in [1.165, 1.54) is 77.0 Å². The summed E-state index contributed by atoms with van der Waals surface area (Å²) in [6.07, 6.45) is 17.5. The molecule has 0 saturated heterocycles. The molecule has 8 heteroatoms. The summed E-state index contributed by atoms with van der Waals surface area (Å²) in [7, 11) is -4.64. The highest BCUT2D eigenvalue weighted by Gasteiger charge is 2.12. The van der Waals surface area contributed by atoms with Gasteiger partial charge in [0.15, 0.2) is 0 Å². The van der Waals surface area contributed by atoms with Crippen molar-refractivity contribution in [2.75, 3.05) is 6.61 Å². The van der Waals surface area contributed by atoms with Gasteiger partial charge in [-0.3, -0.25) is 0 Å². The van der Waals surface area contributed by atoms with Gasteiger partial charge >= 0.3 is 7.82 Å². The molecule has 0 aromatic heterocycles. The van der Waals surface area contributed by atoms with Crippen molar-refractivity contribution >= 4 is 7.82 Å². The maximum absolute atomic E-state index is 9.61. The van der Waals surface area contributed by atoms with Crippen LogP contribution in [0.1, 0.15) is 96.8 Å². The van der Waals surface area contributed by atoms with Crippen LogP contribution in [0.3, 0.4) is 0 Å². The molecule has 2 unspecified atom stereocenters. The van der Waals surface area contributed by atoms with Gasteiger partial charge in [0.2, 0.25) is 0 Å². The second-order valence-corrected chi connectivity index (χ2v) is 7.98. The van der Waals surface area contributed by atoms with Crippen LogP contribution >= 0.6 is 7.82 Å². The second kappa shape index (κ2) is 19.7. The summed E-state index contributed by atoms with van der Waals surface area (Å²) in [6.45, 7) is 2.14. The highest BCUT2D eigenvalue weighted by Crippen LogP contribution is 2.25. The molecule has 0 aromatic carbocycles. The lowest BCUT2D eigenvalue weighted by Gasteiger charge is -2.15. The minimum atomic E-state index is -4.64. The Morgan fingerprint density at radius 3 is 1.38 bits per heavy atom. The number of nitrogens with two attached hydrogens (primary N) is 1. The molecule has 0 bridgehead atoms. The Kier molecular flexibility index (Phi) is 21.4. The van der Waals surface area contributed by atoms with E-state index in [0.717, 1.165) is 12.8 Å². The summed E-state index contributed by atoms with van der Waals surface area (Å²) in [5.41, 5.74) is 5.56. The number of phosphoric acid groups is 1. The van der Waals surface area contributed by atoms with Gasteiger partial charge in [-0.15, -0.1) is 0 Å². The zero-order valence-corrected chi connectivity index (χ0v) is 17.3. The van der Waals surface area contributed by atoms with E-state index in [-0.39, 0.29) is 6.61 Å². The van der Waals surface area contributed by atoms with Crippen LogP contribution in [0.25, 0.3) is 0 Å². The monoisotopic (exact) mass is 399 g/mol. The molecule has 7 N–H and O–H groups in total. The van der Waals surface area contributed by atoms with Gasteiger partial charge in [0, 0.05) is 0 Å². The number of hydrogen-bond donors (Lipinski definition) is 6. The van der Waals surface area contributed by atoms with Crippen molar-refractivity contribution < 1.29 is 29.5 Å². The van der Waals surface area contributed by atoms with Gasteiger partial charge in [0.25, 0.3) is 0 Å². The number of unbranched alkanes of at least 4 members (excludes halogenated alkanes) is 12. The Morgan fingerprint density at radius 1 is 0.769 bits per heavy atom. The van der Waals surface area contributed by atoms with E-state index in [1.54, 1.807) is 0 Å². The van der Waals surface area contributed by atoms with E-state index in [4.69, 9.17) is 30.1 Å². The predicted octanol–water partition coefficient (Wildman–Crippen LogP) is 3.22. The second-order valence-electron chi connectivity index (χ2n) is 6.96. The maximum Gasteiger partial charge on any atom is 0.466 e. The fraction of sp³-hybridized carbons (Fsp3) is 1.00. The van der Waals surface area contributed by atoms with E-state index in [0.29, 0.717) is 0 Å². The van der Waals surface area contributed by atoms with Crippen LogP contribution in [0.5, 0.6) is 0 Å². The first-order valence-corrected chi connectivity index (χ1v) is 11.6. The summed E-state index contributed by atoms with van der Waals surface area (Å²) >= 11 is 0. The molecular formula is C18H42NO6P. The van der Waals surface area contributed by atoms with Crippen molar-refractivity contribution in [3.05, 3.63) is 0 Å². The SMILES string of the molecule is CCCCCCCCCCCCCCCC(O)C(N)CO.O=P(O)(O)O. The van der Waals surface area contributed by atoms with E-state index in [2.05, 4.69) is 6.92 Å². The zero-order valence-electron chi connectivity index (χ0n) is 16.4. The zero-order chi connectivity index (χ0) is 20.3. The smallest absolute Gasteiger partial charge is 0.395 e. The normalized spacial score (nSPS) is 13.8. The summed E-state index contributed by atoms with van der Waals surface area (Å²) < 4.78 is 8.88. The molecule has 0 fully saturated rings. The van der Waals surface area contributed by atoms with Crippen molar-refractivity contribution in [3.8, 4) is 0 Å². The first-order valence-electron chi connectivity index (χ1n) is 10.0. The topological polar surface area (TPSA) is 144 Å². The highest BCUT2D eigenvalue weighted by atomic mass is 31.2. The van der Waals surface area contributed by atoms with Crippen LogP contribution in [0, 0.1) is 0 Å². The molecule has 7 nitrogen and oxygen atoms in total. The summed E-state index contributed by atoms with van der Waals surface area (Å²) in [5, 5.41) is 18.4. The Hall–Kier alpha value is -0.0100. The quantitative estimate of drug-likeness (QED) is 0.173. The predicted molar refractivity (Wildman–Crippen MR) is 106 cm³/mol. The standard InChI is InChI=1S/C18H39NO2.H3O4P/c1-2-3-4-5-6-7-8-9-10-11-12-13-14-15-18(21)17(19)16-20;1-5(2,3)4/h17-18,20-21H,2-16,19H2,1H3;(H3,1,2,3,4). The molecule has 26 heavy (non-hydrogen) atoms. The van der Waals surface area contributed by atoms with E-state index in [9.17, 15) is 5.11 Å². The van der Waals surface area contributed by atoms with Crippen molar-refractivity contribution in [2.45, 2.75) is 109 Å². The highest BCUT2D eigenvalue weighted by molar-refractivity contribution is 7.45. The molecule has 160 valence electrons. The summed E-state index contributed by atoms with van der Waals surface area (Å²) in [5.74, 6) is 0. The van der Waals surface area contributed by atoms with Crippen LogP contribution in [0.15, 0.2) is 0 Å². The van der Waals surface area contributed by atoms with Crippen LogP contribution < -0.4 is 5.73 Å². The maximum atomic E-state index is 9.61. The van der Waals surface area contributed by atoms with Crippen LogP contribution in [-0.4, -0.2) is 43.6 Å². The lowest BCUT2D eigenvalue weighted by atomic mass is 10.0. The van der Waals surface area contributed by atoms with E-state index < -0.39 is 20.0 Å². The fourth-order valence-corrected chi connectivity index (χ4v) is 2.71. The molecule has 0 aromatic rings. The van der Waals surface area contributed by atoms with Gasteiger partial charge in [0.1, 0.15) is 0 Å². The molecule has 0 aliphatic rings. The third-order valence-corrected chi connectivity index (χ3v) is 4.31. The molecule has 0 heterocycles. The number of aliphatic hydroxyl groups excluding tert-OH is 2. The Balaban J connectivity index is 0. The lowest BCUT2D eigenvalue weighted by molar-refractivity contribution is 0.0990. The molecular weight excluding hydrogens is 357 g/mol. The Morgan fingerprint density at radius 2 is 1.08 bits per heavy atom. The van der Waals surface area contributed by atoms with Gasteiger partial charge in [-0.25, -0.2) is 4.57 Å². The first kappa shape index (κ1) is 28.2. The molecule has 0 aliphatic carbocycles. The van der Waals surface area contributed by atoms with Gasteiger partial charge < -0.3 is 30.6 Å². The number of rotatable bonds is 16. The van der Waals surface area contributed by atoms with Crippen molar-refractivity contribution in [1.29, 1.82) is 0 Å². The largest absolute Gasteiger partial charge is 0.466 e. The molecule has 0 spiro atoms. The summed E-state index contributed by atoms with van der Waals surface area (Å²) in [4.78, 5) is 21.6. The summed E-state index contributed by atoms with van der Waals surface area (Å²) in [6, 6.07) is -0.470. The number of aliphatic hydroxyl groups is 2. The molecule has 0 saturated carbocycles. The fourth-order valence-electron chi connectivity index (χ4n) is 2.71. The minimum absolute atomic E-state index is 0.125. The Labute approximate surface area is 159 Å². The molecule has 0 radical (unpaired) electrons. The van der Waals surface area contributed by atoms with Gasteiger partial charge in [-0.05, 0) is 6.42 Å². The van der Waals surface area contributed by atoms with Crippen molar-refractivity contribution in [2.24, 2.45) is 5.73 Å². The number of hydrogen-bond acceptors (Lipinski definition) is 4. The third kappa shape index (κ3) is 28.8. The van der Waals surface area contributed by atoms with Crippen molar-refractivity contribution in [1.82, 2.24) is 0 Å². The third-order valence-electron chi connectivity index (χ3n) is 4.31. The van der Waals surface area contributed by atoms with Gasteiger partial charge in [-0.1, -0.05) is 90.4 Å². The average Bonchev–Trinajstić information content (AvgIpc) is 2.56. The van der Waals surface area contributed by atoms with E-state index in [1.807, 2.05) is 0 Å². The van der Waals surface area contributed by atoms with Crippen molar-refractivity contribution in [3.63, 3.8) is 0 Å². The molecule has 0 rings (SSSR count). The van der Waals surface area contributed by atoms with Crippen LogP contribution in [0.2, 0.25) is 0 Å². The van der Waals surface area contributed by atoms with Crippen LogP contribution in [-0.2, 0) is 4.57 Å². The first-order chi connectivity index (χ1) is 12.2. The van der Waals surface area contributed by atoms with Crippen LogP contribution in [0.4, 0.5) is 0 Å². The average molecular weight is 400 g/mol.